The Morgan fingerprint density at radius 3 is 3.00 bits per heavy atom. The molecule has 6 nitrogen and oxygen atoms in total. The molecule has 1 unspecified atom stereocenters. The van der Waals surface area contributed by atoms with Gasteiger partial charge in [-0.3, -0.25) is 9.59 Å². The second-order valence-corrected chi connectivity index (χ2v) is 3.50. The Morgan fingerprint density at radius 2 is 2.53 bits per heavy atom. The number of hydrogen-bond acceptors (Lipinski definition) is 4. The summed E-state index contributed by atoms with van der Waals surface area (Å²) in [7, 11) is 1.49. The van der Waals surface area contributed by atoms with Gasteiger partial charge in [0.05, 0.1) is 19.3 Å². The summed E-state index contributed by atoms with van der Waals surface area (Å²) in [6.07, 6.45) is 0.891. The number of carbonyl (C=O) groups is 2. The van der Waals surface area contributed by atoms with Gasteiger partial charge in [-0.05, 0) is 6.42 Å². The Labute approximate surface area is 88.0 Å². The van der Waals surface area contributed by atoms with Gasteiger partial charge in [0.25, 0.3) is 0 Å². The van der Waals surface area contributed by atoms with E-state index >= 15 is 0 Å². The molecule has 0 aromatic rings. The third kappa shape index (κ3) is 3.49. The first-order valence-corrected chi connectivity index (χ1v) is 4.87. The summed E-state index contributed by atoms with van der Waals surface area (Å²) in [6.45, 7) is 0.0726. The molecular formula is C9H16N2O4. The van der Waals surface area contributed by atoms with Crippen LogP contribution in [0.25, 0.3) is 0 Å². The van der Waals surface area contributed by atoms with Gasteiger partial charge in [0, 0.05) is 13.5 Å². The lowest BCUT2D eigenvalue weighted by Gasteiger charge is -2.17. The van der Waals surface area contributed by atoms with Crippen molar-refractivity contribution < 1.29 is 19.4 Å². The van der Waals surface area contributed by atoms with Gasteiger partial charge in [0.15, 0.2) is 0 Å². The molecule has 2 amide bonds. The monoisotopic (exact) mass is 216 g/mol. The van der Waals surface area contributed by atoms with E-state index in [1.807, 2.05) is 0 Å². The zero-order chi connectivity index (χ0) is 11.3. The molecule has 2 atom stereocenters. The highest BCUT2D eigenvalue weighted by atomic mass is 16.5. The molecule has 1 aliphatic rings. The third-order valence-corrected chi connectivity index (χ3v) is 2.25. The maximum atomic E-state index is 11.5. The average Bonchev–Trinajstić information content (AvgIpc) is 2.64. The minimum atomic E-state index is -0.469. The quantitative estimate of drug-likeness (QED) is 0.516. The second-order valence-electron chi connectivity index (χ2n) is 3.50. The van der Waals surface area contributed by atoms with Crippen molar-refractivity contribution in [3.05, 3.63) is 0 Å². The number of ether oxygens (including phenoxy) is 1. The molecule has 1 rings (SSSR count). The fourth-order valence-electron chi connectivity index (χ4n) is 1.45. The Bertz CT molecular complexity index is 244. The van der Waals surface area contributed by atoms with Gasteiger partial charge >= 0.3 is 0 Å². The maximum Gasteiger partial charge on any atom is 0.242 e. The summed E-state index contributed by atoms with van der Waals surface area (Å²) in [5.41, 5.74) is 0. The van der Waals surface area contributed by atoms with Gasteiger partial charge < -0.3 is 20.5 Å². The minimum absolute atomic E-state index is 0.109. The van der Waals surface area contributed by atoms with Crippen molar-refractivity contribution in [2.75, 3.05) is 20.3 Å². The Balaban J connectivity index is 2.36. The van der Waals surface area contributed by atoms with Crippen LogP contribution in [0, 0.1) is 0 Å². The number of aliphatic hydroxyl groups is 1. The van der Waals surface area contributed by atoms with Crippen LogP contribution in [0.3, 0.4) is 0 Å². The molecule has 3 N–H and O–H groups in total. The van der Waals surface area contributed by atoms with Crippen LogP contribution in [-0.4, -0.2) is 49.3 Å². The van der Waals surface area contributed by atoms with Crippen molar-refractivity contribution in [1.82, 2.24) is 10.6 Å². The summed E-state index contributed by atoms with van der Waals surface area (Å²) < 4.78 is 4.82. The van der Waals surface area contributed by atoms with Gasteiger partial charge in [0.1, 0.15) is 6.04 Å². The molecule has 0 aromatic heterocycles. The van der Waals surface area contributed by atoms with E-state index in [1.165, 1.54) is 7.11 Å². The third-order valence-electron chi connectivity index (χ3n) is 2.25. The number of amides is 2. The summed E-state index contributed by atoms with van der Waals surface area (Å²) in [5.74, 6) is -0.376. The molecule has 6 heteroatoms. The van der Waals surface area contributed by atoms with E-state index in [0.717, 1.165) is 0 Å². The van der Waals surface area contributed by atoms with Crippen molar-refractivity contribution in [2.45, 2.75) is 24.9 Å². The van der Waals surface area contributed by atoms with E-state index in [9.17, 15) is 9.59 Å². The Morgan fingerprint density at radius 1 is 1.80 bits per heavy atom. The normalized spacial score (nSPS) is 22.3. The molecule has 86 valence electrons. The number of hydrogen-bond donors (Lipinski definition) is 3. The first-order valence-electron chi connectivity index (χ1n) is 4.87. The van der Waals surface area contributed by atoms with Crippen LogP contribution >= 0.6 is 0 Å². The predicted octanol–water partition coefficient (Wildman–Crippen LogP) is -1.61. The summed E-state index contributed by atoms with van der Waals surface area (Å²) in [4.78, 5) is 22.4. The van der Waals surface area contributed by atoms with Gasteiger partial charge in [0.2, 0.25) is 11.8 Å². The highest BCUT2D eigenvalue weighted by molar-refractivity contribution is 5.90. The van der Waals surface area contributed by atoms with E-state index in [0.29, 0.717) is 12.8 Å². The van der Waals surface area contributed by atoms with Crippen LogP contribution < -0.4 is 10.6 Å². The molecular weight excluding hydrogens is 200 g/mol. The SMILES string of the molecule is COCC(CO)NC(=O)[C@H]1CCC(=O)N1. The molecule has 1 fully saturated rings. The van der Waals surface area contributed by atoms with Crippen LogP contribution in [0.5, 0.6) is 0 Å². The predicted molar refractivity (Wildman–Crippen MR) is 52.1 cm³/mol. The number of carbonyl (C=O) groups excluding carboxylic acids is 2. The molecule has 0 saturated carbocycles. The number of rotatable bonds is 5. The molecule has 0 radical (unpaired) electrons. The summed E-state index contributed by atoms with van der Waals surface area (Å²) in [6, 6.07) is -0.886. The van der Waals surface area contributed by atoms with Gasteiger partial charge in [-0.1, -0.05) is 0 Å². The van der Waals surface area contributed by atoms with E-state index in [-0.39, 0.29) is 25.0 Å². The Hall–Kier alpha value is -1.14. The lowest BCUT2D eigenvalue weighted by atomic mass is 10.2. The van der Waals surface area contributed by atoms with Crippen molar-refractivity contribution in [3.8, 4) is 0 Å². The second kappa shape index (κ2) is 5.67. The zero-order valence-electron chi connectivity index (χ0n) is 8.66. The van der Waals surface area contributed by atoms with Crippen molar-refractivity contribution in [1.29, 1.82) is 0 Å². The highest BCUT2D eigenvalue weighted by Gasteiger charge is 2.28. The molecule has 15 heavy (non-hydrogen) atoms. The summed E-state index contributed by atoms with van der Waals surface area (Å²) >= 11 is 0. The Kier molecular flexibility index (Phi) is 4.51. The number of aliphatic hydroxyl groups excluding tert-OH is 1. The first kappa shape index (κ1) is 11.9. The van der Waals surface area contributed by atoms with Crippen LogP contribution in [-0.2, 0) is 14.3 Å². The van der Waals surface area contributed by atoms with Crippen LogP contribution in [0.4, 0.5) is 0 Å². The van der Waals surface area contributed by atoms with E-state index in [4.69, 9.17) is 9.84 Å². The molecule has 1 aliphatic heterocycles. The fourth-order valence-corrected chi connectivity index (χ4v) is 1.45. The van der Waals surface area contributed by atoms with Gasteiger partial charge in [-0.2, -0.15) is 0 Å². The van der Waals surface area contributed by atoms with Crippen molar-refractivity contribution >= 4 is 11.8 Å². The average molecular weight is 216 g/mol. The molecule has 0 aliphatic carbocycles. The van der Waals surface area contributed by atoms with Crippen LogP contribution in [0.1, 0.15) is 12.8 Å². The van der Waals surface area contributed by atoms with E-state index in [1.54, 1.807) is 0 Å². The molecule has 0 bridgehead atoms. The highest BCUT2D eigenvalue weighted by Crippen LogP contribution is 2.06. The lowest BCUT2D eigenvalue weighted by Crippen LogP contribution is -2.48. The maximum absolute atomic E-state index is 11.5. The topological polar surface area (TPSA) is 87.7 Å². The minimum Gasteiger partial charge on any atom is -0.394 e. The largest absolute Gasteiger partial charge is 0.394 e. The molecule has 0 spiro atoms. The zero-order valence-corrected chi connectivity index (χ0v) is 8.66. The van der Waals surface area contributed by atoms with Crippen LogP contribution in [0.2, 0.25) is 0 Å². The van der Waals surface area contributed by atoms with Crippen molar-refractivity contribution in [2.24, 2.45) is 0 Å². The number of nitrogens with one attached hydrogen (secondary N) is 2. The fraction of sp³-hybridized carbons (Fsp3) is 0.778. The molecule has 0 aromatic carbocycles. The smallest absolute Gasteiger partial charge is 0.242 e. The van der Waals surface area contributed by atoms with E-state index < -0.39 is 12.1 Å². The van der Waals surface area contributed by atoms with Gasteiger partial charge in [-0.25, -0.2) is 0 Å². The summed E-state index contributed by atoms with van der Waals surface area (Å²) in [5, 5.41) is 14.1. The van der Waals surface area contributed by atoms with E-state index in [2.05, 4.69) is 10.6 Å². The van der Waals surface area contributed by atoms with Crippen molar-refractivity contribution in [3.63, 3.8) is 0 Å². The van der Waals surface area contributed by atoms with Crippen LogP contribution in [0.15, 0.2) is 0 Å². The molecule has 1 heterocycles. The van der Waals surface area contributed by atoms with Gasteiger partial charge in [-0.15, -0.1) is 0 Å². The molecule has 1 saturated heterocycles. The number of methoxy groups -OCH3 is 1. The standard InChI is InChI=1S/C9H16N2O4/c1-15-5-6(4-12)10-9(14)7-2-3-8(13)11-7/h6-7,12H,2-5H2,1H3,(H,10,14)(H,11,13)/t6?,7-/m1/s1. The first-order chi connectivity index (χ1) is 7.17. The lowest BCUT2D eigenvalue weighted by molar-refractivity contribution is -0.126.